The molecule has 0 radical (unpaired) electrons. The molecule has 144 valence electrons. The minimum absolute atomic E-state index is 0.122. The Morgan fingerprint density at radius 2 is 1.93 bits per heavy atom. The van der Waals surface area contributed by atoms with Gasteiger partial charge in [-0.05, 0) is 36.2 Å². The highest BCUT2D eigenvalue weighted by Crippen LogP contribution is 2.26. The zero-order valence-corrected chi connectivity index (χ0v) is 15.7. The topological polar surface area (TPSA) is 99.1 Å². The van der Waals surface area contributed by atoms with Gasteiger partial charge in [0.2, 0.25) is 0 Å². The molecular formula is C20H23N7O. The van der Waals surface area contributed by atoms with Crippen molar-refractivity contribution in [3.8, 4) is 11.1 Å². The van der Waals surface area contributed by atoms with Crippen molar-refractivity contribution < 1.29 is 5.11 Å². The summed E-state index contributed by atoms with van der Waals surface area (Å²) in [6.45, 7) is 1.22. The largest absolute Gasteiger partial charge is 0.391 e. The second-order valence-electron chi connectivity index (χ2n) is 6.76. The van der Waals surface area contributed by atoms with E-state index >= 15 is 0 Å². The summed E-state index contributed by atoms with van der Waals surface area (Å²) in [5.74, 6) is 2.37. The standard InChI is InChI=1S/C20H23N7O/c1-21-19-9-20(26-13-25-19)27-12-17(28)8-16(27)11-24-18-3-2-15(10-23-18)14-4-6-22-7-5-14/h2-7,9-10,13,16-17,28H,8,11-12H2,1H3,(H,23,24)(H,21,25,26)/t16-,17-/m1/s1. The van der Waals surface area contributed by atoms with E-state index in [1.54, 1.807) is 12.4 Å². The normalized spacial score (nSPS) is 18.9. The van der Waals surface area contributed by atoms with Crippen molar-refractivity contribution >= 4 is 17.5 Å². The summed E-state index contributed by atoms with van der Waals surface area (Å²) in [6.07, 6.45) is 7.24. The summed E-state index contributed by atoms with van der Waals surface area (Å²) in [7, 11) is 1.82. The van der Waals surface area contributed by atoms with Gasteiger partial charge in [0.1, 0.15) is 23.8 Å². The highest BCUT2D eigenvalue weighted by atomic mass is 16.3. The first kappa shape index (κ1) is 18.1. The van der Waals surface area contributed by atoms with Crippen LogP contribution in [0.25, 0.3) is 11.1 Å². The van der Waals surface area contributed by atoms with E-state index < -0.39 is 0 Å². The van der Waals surface area contributed by atoms with E-state index in [1.165, 1.54) is 6.33 Å². The molecule has 8 nitrogen and oxygen atoms in total. The first-order valence-corrected chi connectivity index (χ1v) is 9.28. The summed E-state index contributed by atoms with van der Waals surface area (Å²) in [5, 5.41) is 16.6. The van der Waals surface area contributed by atoms with Gasteiger partial charge in [-0.2, -0.15) is 0 Å². The molecule has 1 aliphatic rings. The van der Waals surface area contributed by atoms with Crippen LogP contribution in [0.1, 0.15) is 6.42 Å². The molecule has 3 N–H and O–H groups in total. The second kappa shape index (κ2) is 8.18. The number of β-amino-alcohol motifs (C(OH)–C–C–N with tert-alkyl or cyclic N) is 1. The van der Waals surface area contributed by atoms with Gasteiger partial charge in [-0.3, -0.25) is 4.98 Å². The highest BCUT2D eigenvalue weighted by Gasteiger charge is 2.31. The van der Waals surface area contributed by atoms with Crippen LogP contribution in [0.4, 0.5) is 17.5 Å². The number of hydrogen-bond acceptors (Lipinski definition) is 8. The van der Waals surface area contributed by atoms with Crippen molar-refractivity contribution in [1.29, 1.82) is 0 Å². The number of rotatable bonds is 6. The smallest absolute Gasteiger partial charge is 0.134 e. The van der Waals surface area contributed by atoms with Gasteiger partial charge in [0.15, 0.2) is 0 Å². The molecule has 1 aliphatic heterocycles. The van der Waals surface area contributed by atoms with Crippen LogP contribution in [0.5, 0.6) is 0 Å². The third-order valence-corrected chi connectivity index (χ3v) is 4.89. The van der Waals surface area contributed by atoms with Gasteiger partial charge in [-0.25, -0.2) is 15.0 Å². The number of anilines is 3. The van der Waals surface area contributed by atoms with E-state index in [0.717, 1.165) is 28.6 Å². The Bertz CT molecular complexity index is 904. The van der Waals surface area contributed by atoms with Gasteiger partial charge in [0.05, 0.1) is 12.1 Å². The van der Waals surface area contributed by atoms with Gasteiger partial charge in [-0.15, -0.1) is 0 Å². The van der Waals surface area contributed by atoms with Crippen molar-refractivity contribution in [2.24, 2.45) is 0 Å². The van der Waals surface area contributed by atoms with Gasteiger partial charge in [-0.1, -0.05) is 0 Å². The van der Waals surface area contributed by atoms with E-state index in [9.17, 15) is 5.11 Å². The van der Waals surface area contributed by atoms with Gasteiger partial charge >= 0.3 is 0 Å². The lowest BCUT2D eigenvalue weighted by Gasteiger charge is -2.26. The molecule has 4 rings (SSSR count). The summed E-state index contributed by atoms with van der Waals surface area (Å²) in [6, 6.07) is 9.94. The Morgan fingerprint density at radius 1 is 1.07 bits per heavy atom. The molecule has 0 bridgehead atoms. The van der Waals surface area contributed by atoms with Crippen molar-refractivity contribution in [1.82, 2.24) is 19.9 Å². The molecule has 3 aromatic heterocycles. The number of nitrogens with one attached hydrogen (secondary N) is 2. The maximum Gasteiger partial charge on any atom is 0.134 e. The van der Waals surface area contributed by atoms with Crippen LogP contribution in [0.15, 0.2) is 55.2 Å². The van der Waals surface area contributed by atoms with Crippen LogP contribution in [-0.2, 0) is 0 Å². The third-order valence-electron chi connectivity index (χ3n) is 4.89. The Labute approximate surface area is 163 Å². The molecule has 4 heterocycles. The SMILES string of the molecule is CNc1cc(N2C[C@H](O)C[C@@H]2CNc2ccc(-c3ccncc3)cn2)ncn1. The monoisotopic (exact) mass is 377 g/mol. The fourth-order valence-electron chi connectivity index (χ4n) is 3.44. The molecule has 0 spiro atoms. The summed E-state index contributed by atoms with van der Waals surface area (Å²) < 4.78 is 0. The summed E-state index contributed by atoms with van der Waals surface area (Å²) in [4.78, 5) is 19.2. The fourth-order valence-corrected chi connectivity index (χ4v) is 3.44. The number of nitrogens with zero attached hydrogens (tertiary/aromatic N) is 5. The first-order chi connectivity index (χ1) is 13.7. The van der Waals surface area contributed by atoms with E-state index in [0.29, 0.717) is 19.5 Å². The minimum Gasteiger partial charge on any atom is -0.391 e. The molecule has 0 aromatic carbocycles. The molecular weight excluding hydrogens is 354 g/mol. The van der Waals surface area contributed by atoms with Crippen LogP contribution < -0.4 is 15.5 Å². The van der Waals surface area contributed by atoms with Gasteiger partial charge in [0, 0.05) is 50.4 Å². The summed E-state index contributed by atoms with van der Waals surface area (Å²) in [5.41, 5.74) is 2.13. The molecule has 28 heavy (non-hydrogen) atoms. The van der Waals surface area contributed by atoms with Crippen molar-refractivity contribution in [2.75, 3.05) is 35.7 Å². The van der Waals surface area contributed by atoms with Crippen molar-refractivity contribution in [3.05, 3.63) is 55.2 Å². The zero-order chi connectivity index (χ0) is 19.3. The van der Waals surface area contributed by atoms with Crippen LogP contribution in [0.3, 0.4) is 0 Å². The van der Waals surface area contributed by atoms with E-state index in [4.69, 9.17) is 0 Å². The van der Waals surface area contributed by atoms with E-state index in [-0.39, 0.29) is 12.1 Å². The average molecular weight is 377 g/mol. The van der Waals surface area contributed by atoms with Gasteiger partial charge < -0.3 is 20.6 Å². The first-order valence-electron chi connectivity index (χ1n) is 9.28. The lowest BCUT2D eigenvalue weighted by molar-refractivity contribution is 0.194. The Kier molecular flexibility index (Phi) is 5.29. The van der Waals surface area contributed by atoms with Crippen LogP contribution >= 0.6 is 0 Å². The quantitative estimate of drug-likeness (QED) is 0.600. The van der Waals surface area contributed by atoms with Crippen LogP contribution in [-0.4, -0.2) is 57.3 Å². The average Bonchev–Trinajstić information content (AvgIpc) is 3.14. The predicted molar refractivity (Wildman–Crippen MR) is 109 cm³/mol. The minimum atomic E-state index is -0.373. The Balaban J connectivity index is 1.43. The van der Waals surface area contributed by atoms with Gasteiger partial charge in [0.25, 0.3) is 0 Å². The Hall–Kier alpha value is -3.26. The molecule has 3 aromatic rings. The van der Waals surface area contributed by atoms with E-state index in [1.807, 2.05) is 43.6 Å². The van der Waals surface area contributed by atoms with E-state index in [2.05, 4.69) is 35.5 Å². The predicted octanol–water partition coefficient (Wildman–Crippen LogP) is 2.03. The molecule has 1 fully saturated rings. The molecule has 0 saturated carbocycles. The number of aliphatic hydroxyl groups is 1. The Morgan fingerprint density at radius 3 is 2.68 bits per heavy atom. The maximum atomic E-state index is 10.2. The lowest BCUT2D eigenvalue weighted by atomic mass is 10.1. The lowest BCUT2D eigenvalue weighted by Crippen LogP contribution is -2.35. The zero-order valence-electron chi connectivity index (χ0n) is 15.7. The van der Waals surface area contributed by atoms with Crippen molar-refractivity contribution in [3.63, 3.8) is 0 Å². The molecule has 0 aliphatic carbocycles. The second-order valence-corrected chi connectivity index (χ2v) is 6.76. The molecule has 0 unspecified atom stereocenters. The van der Waals surface area contributed by atoms with Crippen LogP contribution in [0.2, 0.25) is 0 Å². The fraction of sp³-hybridized carbons (Fsp3) is 0.300. The highest BCUT2D eigenvalue weighted by molar-refractivity contribution is 5.63. The number of hydrogen-bond donors (Lipinski definition) is 3. The molecule has 0 amide bonds. The van der Waals surface area contributed by atoms with Crippen molar-refractivity contribution in [2.45, 2.75) is 18.6 Å². The molecule has 1 saturated heterocycles. The third kappa shape index (κ3) is 4.01. The molecule has 8 heteroatoms. The number of aromatic nitrogens is 4. The molecule has 2 atom stereocenters. The van der Waals surface area contributed by atoms with Crippen LogP contribution in [0, 0.1) is 0 Å². The summed E-state index contributed by atoms with van der Waals surface area (Å²) >= 11 is 0. The number of pyridine rings is 2. The number of aliphatic hydroxyl groups excluding tert-OH is 1. The maximum absolute atomic E-state index is 10.2.